The smallest absolute Gasteiger partial charge is 0.127 e. The van der Waals surface area contributed by atoms with Gasteiger partial charge in [0.05, 0.1) is 12.1 Å². The number of rotatable bonds is 3. The minimum Gasteiger partial charge on any atom is -0.496 e. The summed E-state index contributed by atoms with van der Waals surface area (Å²) < 4.78 is 5.56. The molecule has 1 aromatic carbocycles. The van der Waals surface area contributed by atoms with E-state index in [1.807, 2.05) is 6.92 Å². The first-order valence-electron chi connectivity index (χ1n) is 6.10. The van der Waals surface area contributed by atoms with Crippen LogP contribution < -0.4 is 10.5 Å². The predicted octanol–water partition coefficient (Wildman–Crippen LogP) is 3.35. The van der Waals surface area contributed by atoms with E-state index in [1.54, 1.807) is 7.11 Å². The van der Waals surface area contributed by atoms with Crippen LogP contribution in [0.2, 0.25) is 5.02 Å². The van der Waals surface area contributed by atoms with Crippen LogP contribution in [0.5, 0.6) is 5.75 Å². The van der Waals surface area contributed by atoms with Crippen molar-refractivity contribution in [2.45, 2.75) is 38.5 Å². The summed E-state index contributed by atoms with van der Waals surface area (Å²) in [5.74, 6) is 0.922. The van der Waals surface area contributed by atoms with E-state index in [4.69, 9.17) is 22.1 Å². The molecule has 0 aromatic heterocycles. The Morgan fingerprint density at radius 1 is 1.35 bits per heavy atom. The SMILES string of the molecule is COc1c(C)cc(C)c(Cl)c1C1(CN)CCC1. The zero-order valence-electron chi connectivity index (χ0n) is 10.8. The Hall–Kier alpha value is -0.730. The molecule has 0 radical (unpaired) electrons. The molecule has 0 spiro atoms. The van der Waals surface area contributed by atoms with Crippen LogP contribution in [0.15, 0.2) is 6.07 Å². The second kappa shape index (κ2) is 4.51. The van der Waals surface area contributed by atoms with Gasteiger partial charge in [0.1, 0.15) is 5.75 Å². The van der Waals surface area contributed by atoms with E-state index in [-0.39, 0.29) is 5.41 Å². The van der Waals surface area contributed by atoms with Gasteiger partial charge < -0.3 is 10.5 Å². The van der Waals surface area contributed by atoms with Gasteiger partial charge in [-0.3, -0.25) is 0 Å². The maximum absolute atomic E-state index is 6.49. The van der Waals surface area contributed by atoms with E-state index < -0.39 is 0 Å². The van der Waals surface area contributed by atoms with E-state index in [1.165, 1.54) is 6.42 Å². The van der Waals surface area contributed by atoms with Gasteiger partial charge in [-0.1, -0.05) is 24.1 Å². The predicted molar refractivity (Wildman–Crippen MR) is 72.1 cm³/mol. The van der Waals surface area contributed by atoms with Crippen molar-refractivity contribution in [2.24, 2.45) is 5.73 Å². The summed E-state index contributed by atoms with van der Waals surface area (Å²) in [6, 6.07) is 2.08. The fourth-order valence-corrected chi connectivity index (χ4v) is 3.18. The highest BCUT2D eigenvalue weighted by Crippen LogP contribution is 2.50. The molecule has 2 rings (SSSR count). The summed E-state index contributed by atoms with van der Waals surface area (Å²) in [4.78, 5) is 0. The standard InChI is InChI=1S/C14H20ClNO/c1-9-7-10(2)13(17-3)11(12(9)15)14(8-16)5-4-6-14/h7H,4-6,8,16H2,1-3H3. The monoisotopic (exact) mass is 253 g/mol. The van der Waals surface area contributed by atoms with E-state index in [0.29, 0.717) is 6.54 Å². The Morgan fingerprint density at radius 3 is 2.41 bits per heavy atom. The molecule has 1 aliphatic carbocycles. The van der Waals surface area contributed by atoms with Gasteiger partial charge in [0.25, 0.3) is 0 Å². The lowest BCUT2D eigenvalue weighted by Crippen LogP contribution is -2.42. The number of methoxy groups -OCH3 is 1. The van der Waals surface area contributed by atoms with Gasteiger partial charge in [0, 0.05) is 17.5 Å². The number of halogens is 1. The zero-order valence-corrected chi connectivity index (χ0v) is 11.5. The van der Waals surface area contributed by atoms with Crippen molar-refractivity contribution < 1.29 is 4.74 Å². The Kier molecular flexibility index (Phi) is 3.37. The van der Waals surface area contributed by atoms with Crippen LogP contribution in [0.3, 0.4) is 0 Å². The second-order valence-corrected chi connectivity index (χ2v) is 5.45. The summed E-state index contributed by atoms with van der Waals surface area (Å²) in [7, 11) is 1.71. The minimum absolute atomic E-state index is 0.0409. The first-order chi connectivity index (χ1) is 8.05. The van der Waals surface area contributed by atoms with Crippen LogP contribution in [0.4, 0.5) is 0 Å². The quantitative estimate of drug-likeness (QED) is 0.897. The molecule has 0 unspecified atom stereocenters. The Balaban J connectivity index is 2.65. The van der Waals surface area contributed by atoms with Crippen molar-refractivity contribution in [3.05, 3.63) is 27.8 Å². The summed E-state index contributed by atoms with van der Waals surface area (Å²) in [5, 5.41) is 0.831. The van der Waals surface area contributed by atoms with Crippen molar-refractivity contribution >= 4 is 11.6 Å². The normalized spacial score (nSPS) is 17.7. The van der Waals surface area contributed by atoms with Crippen LogP contribution >= 0.6 is 11.6 Å². The number of nitrogens with two attached hydrogens (primary N) is 1. The lowest BCUT2D eigenvalue weighted by atomic mass is 9.63. The van der Waals surface area contributed by atoms with Gasteiger partial charge in [0.2, 0.25) is 0 Å². The van der Waals surface area contributed by atoms with Crippen LogP contribution in [0.25, 0.3) is 0 Å². The van der Waals surface area contributed by atoms with Crippen LogP contribution in [-0.4, -0.2) is 13.7 Å². The topological polar surface area (TPSA) is 35.2 Å². The molecule has 1 aliphatic rings. The van der Waals surface area contributed by atoms with Gasteiger partial charge in [-0.2, -0.15) is 0 Å². The van der Waals surface area contributed by atoms with Crippen molar-refractivity contribution in [1.82, 2.24) is 0 Å². The molecular weight excluding hydrogens is 234 g/mol. The lowest BCUT2D eigenvalue weighted by Gasteiger charge is -2.43. The lowest BCUT2D eigenvalue weighted by molar-refractivity contribution is 0.243. The molecule has 0 bridgehead atoms. The average molecular weight is 254 g/mol. The summed E-state index contributed by atoms with van der Waals surface area (Å²) >= 11 is 6.49. The fourth-order valence-electron chi connectivity index (χ4n) is 2.84. The number of hydrogen-bond donors (Lipinski definition) is 1. The molecule has 17 heavy (non-hydrogen) atoms. The van der Waals surface area contributed by atoms with Crippen LogP contribution in [0, 0.1) is 13.8 Å². The molecule has 2 N–H and O–H groups in total. The molecular formula is C14H20ClNO. The summed E-state index contributed by atoms with van der Waals surface area (Å²) in [5.41, 5.74) is 9.41. The van der Waals surface area contributed by atoms with Gasteiger partial charge in [-0.25, -0.2) is 0 Å². The second-order valence-electron chi connectivity index (χ2n) is 5.07. The van der Waals surface area contributed by atoms with Gasteiger partial charge in [-0.15, -0.1) is 0 Å². The number of ether oxygens (including phenoxy) is 1. The molecule has 3 heteroatoms. The van der Waals surface area contributed by atoms with Crippen LogP contribution in [-0.2, 0) is 5.41 Å². The third-order valence-corrected chi connectivity index (χ3v) is 4.51. The highest BCUT2D eigenvalue weighted by molar-refractivity contribution is 6.32. The highest BCUT2D eigenvalue weighted by atomic mass is 35.5. The van der Waals surface area contributed by atoms with E-state index in [2.05, 4.69) is 13.0 Å². The van der Waals surface area contributed by atoms with Crippen molar-refractivity contribution in [1.29, 1.82) is 0 Å². The Morgan fingerprint density at radius 2 is 2.00 bits per heavy atom. The molecule has 94 valence electrons. The minimum atomic E-state index is 0.0409. The largest absolute Gasteiger partial charge is 0.496 e. The number of benzene rings is 1. The maximum Gasteiger partial charge on any atom is 0.127 e. The molecule has 2 nitrogen and oxygen atoms in total. The first-order valence-corrected chi connectivity index (χ1v) is 6.48. The molecule has 0 heterocycles. The zero-order chi connectivity index (χ0) is 12.6. The Labute approximate surface area is 108 Å². The Bertz CT molecular complexity index is 433. The number of hydrogen-bond acceptors (Lipinski definition) is 2. The summed E-state index contributed by atoms with van der Waals surface area (Å²) in [6.07, 6.45) is 3.45. The molecule has 1 saturated carbocycles. The van der Waals surface area contributed by atoms with Crippen molar-refractivity contribution in [2.75, 3.05) is 13.7 Å². The van der Waals surface area contributed by atoms with E-state index >= 15 is 0 Å². The highest BCUT2D eigenvalue weighted by Gasteiger charge is 2.41. The van der Waals surface area contributed by atoms with Crippen LogP contribution in [0.1, 0.15) is 36.0 Å². The first kappa shape index (κ1) is 12.7. The maximum atomic E-state index is 6.49. The third kappa shape index (κ3) is 1.84. The van der Waals surface area contributed by atoms with Crippen molar-refractivity contribution in [3.8, 4) is 5.75 Å². The molecule has 0 atom stereocenters. The van der Waals surface area contributed by atoms with Crippen molar-refractivity contribution in [3.63, 3.8) is 0 Å². The van der Waals surface area contributed by atoms with Gasteiger partial charge in [-0.05, 0) is 37.8 Å². The average Bonchev–Trinajstić information content (AvgIpc) is 2.24. The fraction of sp³-hybridized carbons (Fsp3) is 0.571. The van der Waals surface area contributed by atoms with Gasteiger partial charge >= 0.3 is 0 Å². The van der Waals surface area contributed by atoms with Gasteiger partial charge in [0.15, 0.2) is 0 Å². The van der Waals surface area contributed by atoms with E-state index in [9.17, 15) is 0 Å². The molecule has 0 amide bonds. The van der Waals surface area contributed by atoms with E-state index in [0.717, 1.165) is 40.3 Å². The molecule has 0 saturated heterocycles. The molecule has 1 aromatic rings. The third-order valence-electron chi connectivity index (χ3n) is 4.02. The summed E-state index contributed by atoms with van der Waals surface area (Å²) in [6.45, 7) is 4.75. The number of aryl methyl sites for hydroxylation is 2. The molecule has 0 aliphatic heterocycles. The molecule has 1 fully saturated rings.